The van der Waals surface area contributed by atoms with Crippen LogP contribution in [0.2, 0.25) is 0 Å². The highest BCUT2D eigenvalue weighted by molar-refractivity contribution is 5.95. The number of hydrogen-bond acceptors (Lipinski definition) is 14. The number of Topliss-reactive ketones (excluding diaryl/α,β-unsaturated/α-hetero) is 1. The maximum atomic E-state index is 14.9. The highest BCUT2D eigenvalue weighted by Crippen LogP contribution is 2.64. The number of benzene rings is 2. The van der Waals surface area contributed by atoms with E-state index in [0.29, 0.717) is 5.56 Å². The Balaban J connectivity index is 1.34. The van der Waals surface area contributed by atoms with Crippen LogP contribution in [0.1, 0.15) is 80.0 Å². The summed E-state index contributed by atoms with van der Waals surface area (Å²) in [6, 6.07) is 17.9. The second kappa shape index (κ2) is 14.9. The zero-order valence-corrected chi connectivity index (χ0v) is 32.6. The van der Waals surface area contributed by atoms with Crippen molar-refractivity contribution in [3.8, 4) is 0 Å². The molecule has 2 bridgehead atoms. The first-order chi connectivity index (χ1) is 27.4. The number of ketones is 1. The lowest BCUT2D eigenvalue weighted by atomic mass is 9.44. The Hall–Kier alpha value is -5.19. The number of aliphatic hydroxyl groups excluding tert-OH is 3. The zero-order chi connectivity index (χ0) is 41.9. The SMILES string of the molecule is CC(=O)O[C@@]12CO[C@@H]1C[C@H](O)[C@@]1(C)C(=O)[C@H](O)C3=C(C)[C@@H](OC(=O)[C@H](O)[C@@H](NC(=O)c4ccccc4)c4ccccc4)C[C@@](O)([C@@H](OC(=O)c4ccco4)C12)C3(C)C. The second-order valence-electron chi connectivity index (χ2n) is 16.4. The molecule has 58 heavy (non-hydrogen) atoms. The molecule has 1 amide bonds. The molecule has 1 aromatic heterocycles. The van der Waals surface area contributed by atoms with E-state index in [4.69, 9.17) is 23.4 Å². The van der Waals surface area contributed by atoms with E-state index in [9.17, 15) is 44.4 Å². The number of ether oxygens (including phenoxy) is 4. The summed E-state index contributed by atoms with van der Waals surface area (Å²) >= 11 is 0. The van der Waals surface area contributed by atoms with Gasteiger partial charge in [-0.2, -0.15) is 0 Å². The summed E-state index contributed by atoms with van der Waals surface area (Å²) in [5.74, 6) is -6.40. The Kier molecular flexibility index (Phi) is 10.5. The monoisotopic (exact) mass is 801 g/mol. The topological polar surface area (TPSA) is 228 Å². The molecule has 7 rings (SSSR count). The Bertz CT molecular complexity index is 2120. The summed E-state index contributed by atoms with van der Waals surface area (Å²) in [7, 11) is 0. The van der Waals surface area contributed by atoms with Gasteiger partial charge in [-0.3, -0.25) is 14.4 Å². The number of rotatable bonds is 9. The molecule has 1 aliphatic heterocycles. The van der Waals surface area contributed by atoms with Gasteiger partial charge < -0.3 is 49.1 Å². The van der Waals surface area contributed by atoms with Gasteiger partial charge in [0.15, 0.2) is 17.5 Å². The number of furan rings is 1. The van der Waals surface area contributed by atoms with E-state index in [2.05, 4.69) is 5.32 Å². The normalized spacial score (nSPS) is 33.4. The van der Waals surface area contributed by atoms with Gasteiger partial charge in [0.1, 0.15) is 30.0 Å². The van der Waals surface area contributed by atoms with Crippen molar-refractivity contribution in [1.82, 2.24) is 5.32 Å². The third kappa shape index (κ3) is 6.36. The molecule has 2 heterocycles. The fourth-order valence-electron chi connectivity index (χ4n) is 9.75. The molecule has 11 atom stereocenters. The van der Waals surface area contributed by atoms with Crippen LogP contribution in [-0.4, -0.2) is 104 Å². The van der Waals surface area contributed by atoms with Crippen molar-refractivity contribution in [2.24, 2.45) is 16.7 Å². The van der Waals surface area contributed by atoms with Gasteiger partial charge in [-0.15, -0.1) is 0 Å². The van der Waals surface area contributed by atoms with Crippen LogP contribution >= 0.6 is 0 Å². The molecule has 0 spiro atoms. The smallest absolute Gasteiger partial charge is 0.374 e. The molecule has 3 fully saturated rings. The highest BCUT2D eigenvalue weighted by Gasteiger charge is 2.78. The first-order valence-electron chi connectivity index (χ1n) is 19.1. The largest absolute Gasteiger partial charge is 0.457 e. The second-order valence-corrected chi connectivity index (χ2v) is 16.4. The van der Waals surface area contributed by atoms with E-state index < -0.39 is 107 Å². The van der Waals surface area contributed by atoms with E-state index in [1.165, 1.54) is 46.1 Å². The minimum atomic E-state index is -2.38. The zero-order valence-electron chi connectivity index (χ0n) is 32.6. The summed E-state index contributed by atoms with van der Waals surface area (Å²) in [5, 5.41) is 51.7. The predicted octanol–water partition coefficient (Wildman–Crippen LogP) is 2.76. The van der Waals surface area contributed by atoms with Gasteiger partial charge in [0.2, 0.25) is 5.76 Å². The van der Waals surface area contributed by atoms with Gasteiger partial charge in [-0.1, -0.05) is 62.4 Å². The molecule has 2 aromatic carbocycles. The average Bonchev–Trinajstić information content (AvgIpc) is 3.74. The molecule has 4 aliphatic rings. The molecule has 1 saturated heterocycles. The summed E-state index contributed by atoms with van der Waals surface area (Å²) in [6.45, 7) is 6.77. The van der Waals surface area contributed by atoms with Crippen LogP contribution in [-0.2, 0) is 33.3 Å². The molecular weight excluding hydrogens is 754 g/mol. The van der Waals surface area contributed by atoms with Gasteiger partial charge in [0.25, 0.3) is 5.91 Å². The fraction of sp³-hybridized carbons (Fsp3) is 0.465. The maximum Gasteiger partial charge on any atom is 0.374 e. The lowest BCUT2D eigenvalue weighted by Crippen LogP contribution is -2.81. The van der Waals surface area contributed by atoms with Gasteiger partial charge in [-0.25, -0.2) is 9.59 Å². The van der Waals surface area contributed by atoms with Crippen LogP contribution < -0.4 is 5.32 Å². The first kappa shape index (κ1) is 41.0. The van der Waals surface area contributed by atoms with E-state index in [1.54, 1.807) is 60.7 Å². The third-order valence-electron chi connectivity index (χ3n) is 12.9. The fourth-order valence-corrected chi connectivity index (χ4v) is 9.75. The van der Waals surface area contributed by atoms with Crippen LogP contribution in [0.4, 0.5) is 0 Å². The highest BCUT2D eigenvalue weighted by atomic mass is 16.6. The molecule has 3 aromatic rings. The molecular formula is C43H47NO14. The number of carbonyl (C=O) groups is 5. The number of carbonyl (C=O) groups excluding carboxylic acids is 5. The van der Waals surface area contributed by atoms with Crippen LogP contribution in [0.3, 0.4) is 0 Å². The molecule has 15 nitrogen and oxygen atoms in total. The molecule has 3 aliphatic carbocycles. The minimum Gasteiger partial charge on any atom is -0.457 e. The Morgan fingerprint density at radius 1 is 0.931 bits per heavy atom. The van der Waals surface area contributed by atoms with Crippen molar-refractivity contribution in [3.63, 3.8) is 0 Å². The van der Waals surface area contributed by atoms with Crippen molar-refractivity contribution in [1.29, 1.82) is 0 Å². The van der Waals surface area contributed by atoms with Crippen molar-refractivity contribution >= 4 is 29.6 Å². The van der Waals surface area contributed by atoms with E-state index in [1.807, 2.05) is 0 Å². The summed E-state index contributed by atoms with van der Waals surface area (Å²) in [6.07, 6.45) is -9.40. The van der Waals surface area contributed by atoms with Crippen LogP contribution in [0.25, 0.3) is 0 Å². The summed E-state index contributed by atoms with van der Waals surface area (Å²) < 4.78 is 29.3. The van der Waals surface area contributed by atoms with Crippen LogP contribution in [0, 0.1) is 16.7 Å². The van der Waals surface area contributed by atoms with Gasteiger partial charge in [0.05, 0.1) is 36.3 Å². The number of esters is 3. The van der Waals surface area contributed by atoms with Crippen molar-refractivity contribution in [2.75, 3.05) is 6.61 Å². The van der Waals surface area contributed by atoms with E-state index in [-0.39, 0.29) is 35.5 Å². The van der Waals surface area contributed by atoms with Crippen molar-refractivity contribution in [3.05, 3.63) is 107 Å². The minimum absolute atomic E-state index is 0.0741. The molecule has 0 radical (unpaired) electrons. The Labute approximate surface area is 333 Å². The van der Waals surface area contributed by atoms with E-state index >= 15 is 0 Å². The van der Waals surface area contributed by atoms with Crippen LogP contribution in [0.5, 0.6) is 0 Å². The number of fused-ring (bicyclic) bond motifs is 5. The maximum absolute atomic E-state index is 14.9. The van der Waals surface area contributed by atoms with Gasteiger partial charge in [0, 0.05) is 30.7 Å². The standard InChI is InChI=1S/C43H47NO14/c1-22-27(56-39(52)33(48)31(24-13-8-6-9-14-24)44-37(50)25-15-10-7-11-16-25)20-43(53)36(57-38(51)26-17-12-18-54-26)34-41(5,35(49)32(47)30(22)40(43,3)4)28(46)19-29-42(34,21-55-29)58-23(2)45/h6-18,27-29,31-34,36,46-48,53H,19-21H2,1-5H3,(H,44,50)/t27-,28-,29+,31-,32+,33+,34?,36-,41+,42-,43+/m0/s1. The number of nitrogens with one attached hydrogen (secondary N) is 1. The van der Waals surface area contributed by atoms with E-state index in [0.717, 1.165) is 6.92 Å². The Morgan fingerprint density at radius 2 is 1.59 bits per heavy atom. The van der Waals surface area contributed by atoms with Crippen molar-refractivity contribution < 1.29 is 67.8 Å². The van der Waals surface area contributed by atoms with Crippen molar-refractivity contribution in [2.45, 2.75) is 101 Å². The van der Waals surface area contributed by atoms with Gasteiger partial charge >= 0.3 is 17.9 Å². The third-order valence-corrected chi connectivity index (χ3v) is 12.9. The number of amides is 1. The van der Waals surface area contributed by atoms with Gasteiger partial charge in [-0.05, 0) is 54.8 Å². The molecule has 2 saturated carbocycles. The number of hydrogen-bond donors (Lipinski definition) is 5. The first-order valence-corrected chi connectivity index (χ1v) is 19.1. The summed E-state index contributed by atoms with van der Waals surface area (Å²) in [4.78, 5) is 69.1. The molecule has 1 unspecified atom stereocenters. The quantitative estimate of drug-likeness (QED) is 0.119. The molecule has 308 valence electrons. The summed E-state index contributed by atoms with van der Waals surface area (Å²) in [5.41, 5.74) is -7.09. The number of aliphatic hydroxyl groups is 4. The molecule has 5 N–H and O–H groups in total. The Morgan fingerprint density at radius 3 is 2.17 bits per heavy atom. The predicted molar refractivity (Wildman–Crippen MR) is 200 cm³/mol. The average molecular weight is 802 g/mol. The van der Waals surface area contributed by atoms with Crippen LogP contribution in [0.15, 0.2) is 94.6 Å². The lowest BCUT2D eigenvalue weighted by molar-refractivity contribution is -0.346. The lowest BCUT2D eigenvalue weighted by Gasteiger charge is -2.67. The molecule has 15 heteroatoms.